The van der Waals surface area contributed by atoms with E-state index in [4.69, 9.17) is 23.2 Å². The van der Waals surface area contributed by atoms with Crippen molar-refractivity contribution in [1.82, 2.24) is 9.88 Å². The molecule has 2 heterocycles. The van der Waals surface area contributed by atoms with Crippen LogP contribution in [0.2, 0.25) is 10.0 Å². The maximum Gasteiger partial charge on any atom is 0.244 e. The van der Waals surface area contributed by atoms with Crippen LogP contribution >= 0.6 is 23.2 Å². The van der Waals surface area contributed by atoms with Crippen LogP contribution in [0.15, 0.2) is 36.4 Å². The van der Waals surface area contributed by atoms with Gasteiger partial charge in [0.2, 0.25) is 5.91 Å². The SMILES string of the molecule is CCc1cccc(NC(=O)Cn2c3c(c4c(Cl)cc(Cl)cc42)CCNCC3)c1. The van der Waals surface area contributed by atoms with Crippen molar-refractivity contribution in [2.45, 2.75) is 32.7 Å². The van der Waals surface area contributed by atoms with Gasteiger partial charge in [-0.2, -0.15) is 0 Å². The first kappa shape index (κ1) is 19.3. The van der Waals surface area contributed by atoms with Gasteiger partial charge in [0, 0.05) is 34.8 Å². The number of anilines is 1. The number of nitrogens with zero attached hydrogens (tertiary/aromatic N) is 1. The Kier molecular flexibility index (Phi) is 5.63. The molecular formula is C22H23Cl2N3O. The van der Waals surface area contributed by atoms with Gasteiger partial charge in [-0.3, -0.25) is 4.79 Å². The lowest BCUT2D eigenvalue weighted by molar-refractivity contribution is -0.116. The van der Waals surface area contributed by atoms with Gasteiger partial charge in [-0.15, -0.1) is 0 Å². The fourth-order valence-electron chi connectivity index (χ4n) is 4.02. The average molecular weight is 416 g/mol. The van der Waals surface area contributed by atoms with Crippen molar-refractivity contribution in [3.05, 3.63) is 63.3 Å². The number of fused-ring (bicyclic) bond motifs is 3. The highest BCUT2D eigenvalue weighted by Gasteiger charge is 2.22. The van der Waals surface area contributed by atoms with E-state index in [9.17, 15) is 4.79 Å². The summed E-state index contributed by atoms with van der Waals surface area (Å²) in [5.41, 5.74) is 5.35. The summed E-state index contributed by atoms with van der Waals surface area (Å²) in [5.74, 6) is -0.0544. The van der Waals surface area contributed by atoms with Crippen LogP contribution in [-0.2, 0) is 30.6 Å². The van der Waals surface area contributed by atoms with E-state index >= 15 is 0 Å². The van der Waals surface area contributed by atoms with E-state index in [2.05, 4.69) is 28.2 Å². The van der Waals surface area contributed by atoms with Gasteiger partial charge in [0.15, 0.2) is 0 Å². The molecule has 0 bridgehead atoms. The van der Waals surface area contributed by atoms with E-state index < -0.39 is 0 Å². The number of rotatable bonds is 4. The number of aryl methyl sites for hydroxylation is 1. The van der Waals surface area contributed by atoms with Crippen LogP contribution < -0.4 is 10.6 Å². The molecular weight excluding hydrogens is 393 g/mol. The van der Waals surface area contributed by atoms with E-state index in [-0.39, 0.29) is 12.5 Å². The molecule has 6 heteroatoms. The minimum Gasteiger partial charge on any atom is -0.335 e. The smallest absolute Gasteiger partial charge is 0.244 e. The molecule has 0 aliphatic carbocycles. The lowest BCUT2D eigenvalue weighted by Crippen LogP contribution is -2.21. The molecule has 1 aromatic heterocycles. The lowest BCUT2D eigenvalue weighted by Gasteiger charge is -2.12. The second kappa shape index (κ2) is 8.16. The Morgan fingerprint density at radius 3 is 2.82 bits per heavy atom. The van der Waals surface area contributed by atoms with Gasteiger partial charge in [-0.1, -0.05) is 42.3 Å². The van der Waals surface area contributed by atoms with Crippen LogP contribution in [0.3, 0.4) is 0 Å². The predicted molar refractivity (Wildman–Crippen MR) is 117 cm³/mol. The fraction of sp³-hybridized carbons (Fsp3) is 0.318. The molecule has 1 aliphatic heterocycles. The Morgan fingerprint density at radius 1 is 1.18 bits per heavy atom. The predicted octanol–water partition coefficient (Wildman–Crippen LogP) is 4.84. The van der Waals surface area contributed by atoms with Crippen molar-refractivity contribution in [2.75, 3.05) is 18.4 Å². The third-order valence-electron chi connectivity index (χ3n) is 5.31. The number of halogens is 2. The molecule has 2 aromatic carbocycles. The molecule has 2 N–H and O–H groups in total. The molecule has 0 unspecified atom stereocenters. The first-order valence-corrected chi connectivity index (χ1v) is 10.4. The normalized spacial score (nSPS) is 14.0. The third kappa shape index (κ3) is 3.77. The van der Waals surface area contributed by atoms with Crippen molar-refractivity contribution in [3.8, 4) is 0 Å². The van der Waals surface area contributed by atoms with Crippen LogP contribution in [0.1, 0.15) is 23.7 Å². The molecule has 4 rings (SSSR count). The van der Waals surface area contributed by atoms with Crippen molar-refractivity contribution in [3.63, 3.8) is 0 Å². The molecule has 0 radical (unpaired) electrons. The van der Waals surface area contributed by atoms with Crippen molar-refractivity contribution in [1.29, 1.82) is 0 Å². The molecule has 28 heavy (non-hydrogen) atoms. The minimum absolute atomic E-state index is 0.0544. The summed E-state index contributed by atoms with van der Waals surface area (Å²) in [6, 6.07) is 11.7. The summed E-state index contributed by atoms with van der Waals surface area (Å²) in [7, 11) is 0. The maximum absolute atomic E-state index is 12.9. The van der Waals surface area contributed by atoms with Crippen molar-refractivity contribution >= 4 is 45.7 Å². The summed E-state index contributed by atoms with van der Waals surface area (Å²) in [5, 5.41) is 8.71. The molecule has 3 aromatic rings. The zero-order valence-corrected chi connectivity index (χ0v) is 17.3. The first-order chi connectivity index (χ1) is 13.6. The highest BCUT2D eigenvalue weighted by Crippen LogP contribution is 2.36. The fourth-order valence-corrected chi connectivity index (χ4v) is 4.62. The Morgan fingerprint density at radius 2 is 2.00 bits per heavy atom. The highest BCUT2D eigenvalue weighted by molar-refractivity contribution is 6.39. The van der Waals surface area contributed by atoms with Gasteiger partial charge in [-0.05, 0) is 54.8 Å². The van der Waals surface area contributed by atoms with E-state index in [1.54, 1.807) is 6.07 Å². The molecule has 1 amide bonds. The van der Waals surface area contributed by atoms with E-state index in [1.165, 1.54) is 16.8 Å². The average Bonchev–Trinajstić information content (AvgIpc) is 2.82. The Bertz CT molecular complexity index is 1040. The topological polar surface area (TPSA) is 46.1 Å². The van der Waals surface area contributed by atoms with Crippen LogP contribution in [0.25, 0.3) is 10.9 Å². The molecule has 0 saturated heterocycles. The van der Waals surface area contributed by atoms with Crippen molar-refractivity contribution in [2.24, 2.45) is 0 Å². The summed E-state index contributed by atoms with van der Waals surface area (Å²) in [6.45, 7) is 4.12. The van der Waals surface area contributed by atoms with Crippen LogP contribution in [0.4, 0.5) is 5.69 Å². The minimum atomic E-state index is -0.0544. The standard InChI is InChI=1S/C22H23Cl2N3O/c1-2-14-4-3-5-16(10-14)26-21(28)13-27-19-7-9-25-8-6-17(19)22-18(24)11-15(23)12-20(22)27/h3-5,10-12,25H,2,6-9,13H2,1H3,(H,26,28). The molecule has 1 aliphatic rings. The summed E-state index contributed by atoms with van der Waals surface area (Å²) >= 11 is 12.8. The number of benzene rings is 2. The maximum atomic E-state index is 12.9. The van der Waals surface area contributed by atoms with Crippen LogP contribution in [0, 0.1) is 0 Å². The number of hydrogen-bond donors (Lipinski definition) is 2. The zero-order chi connectivity index (χ0) is 19.7. The lowest BCUT2D eigenvalue weighted by atomic mass is 10.1. The zero-order valence-electron chi connectivity index (χ0n) is 15.8. The largest absolute Gasteiger partial charge is 0.335 e. The van der Waals surface area contributed by atoms with Gasteiger partial charge < -0.3 is 15.2 Å². The summed E-state index contributed by atoms with van der Waals surface area (Å²) < 4.78 is 2.08. The number of aromatic nitrogens is 1. The number of amides is 1. The molecule has 0 fully saturated rings. The van der Waals surface area contributed by atoms with Crippen LogP contribution in [0.5, 0.6) is 0 Å². The highest BCUT2D eigenvalue weighted by atomic mass is 35.5. The number of hydrogen-bond acceptors (Lipinski definition) is 2. The van der Waals surface area contributed by atoms with Crippen LogP contribution in [-0.4, -0.2) is 23.6 Å². The second-order valence-corrected chi connectivity index (χ2v) is 7.99. The molecule has 0 spiro atoms. The molecule has 146 valence electrons. The van der Waals surface area contributed by atoms with Crippen molar-refractivity contribution < 1.29 is 4.79 Å². The van der Waals surface area contributed by atoms with Gasteiger partial charge in [0.1, 0.15) is 6.54 Å². The van der Waals surface area contributed by atoms with Gasteiger partial charge in [0.05, 0.1) is 10.5 Å². The number of nitrogens with one attached hydrogen (secondary N) is 2. The first-order valence-electron chi connectivity index (χ1n) is 9.65. The van der Waals surface area contributed by atoms with Gasteiger partial charge >= 0.3 is 0 Å². The summed E-state index contributed by atoms with van der Waals surface area (Å²) in [6.07, 6.45) is 2.68. The number of carbonyl (C=O) groups excluding carboxylic acids is 1. The van der Waals surface area contributed by atoms with E-state index in [0.717, 1.165) is 48.9 Å². The monoisotopic (exact) mass is 415 g/mol. The third-order valence-corrected chi connectivity index (χ3v) is 5.83. The van der Waals surface area contributed by atoms with E-state index in [0.29, 0.717) is 10.0 Å². The van der Waals surface area contributed by atoms with Gasteiger partial charge in [-0.25, -0.2) is 0 Å². The van der Waals surface area contributed by atoms with Gasteiger partial charge in [0.25, 0.3) is 0 Å². The Labute approximate surface area is 174 Å². The Hall–Kier alpha value is -2.01. The van der Waals surface area contributed by atoms with E-state index in [1.807, 2.05) is 24.3 Å². The Balaban J connectivity index is 1.71. The molecule has 0 saturated carbocycles. The molecule has 4 nitrogen and oxygen atoms in total. The molecule has 0 atom stereocenters. The summed E-state index contributed by atoms with van der Waals surface area (Å²) in [4.78, 5) is 12.9. The number of carbonyl (C=O) groups is 1. The second-order valence-electron chi connectivity index (χ2n) is 7.15. The quantitative estimate of drug-likeness (QED) is 0.640.